The average Bonchev–Trinajstić information content (AvgIpc) is 2.61. The fourth-order valence-electron chi connectivity index (χ4n) is 2.07. The lowest BCUT2D eigenvalue weighted by Gasteiger charge is -2.09. The molecule has 1 aromatic heterocycles. The highest BCUT2D eigenvalue weighted by atomic mass is 16.5. The van der Waals surface area contributed by atoms with Gasteiger partial charge in [-0.2, -0.15) is 0 Å². The zero-order chi connectivity index (χ0) is 18.2. The molecule has 1 heterocycles. The summed E-state index contributed by atoms with van der Waals surface area (Å²) in [5.74, 6) is 0.421. The molecule has 0 saturated heterocycles. The number of hydrogen-bond donors (Lipinski definition) is 2. The third-order valence-corrected chi connectivity index (χ3v) is 3.31. The SMILES string of the molecule is CCOc1ccc(NC(=O)c2cccc(C(=O)NCC(C)C)n2)cc1. The van der Waals surface area contributed by atoms with Gasteiger partial charge in [0.25, 0.3) is 11.8 Å². The maximum absolute atomic E-state index is 12.3. The lowest BCUT2D eigenvalue weighted by Crippen LogP contribution is -2.28. The van der Waals surface area contributed by atoms with E-state index in [2.05, 4.69) is 15.6 Å². The first kappa shape index (κ1) is 18.4. The number of nitrogens with one attached hydrogen (secondary N) is 2. The van der Waals surface area contributed by atoms with E-state index in [-0.39, 0.29) is 23.2 Å². The van der Waals surface area contributed by atoms with Crippen molar-refractivity contribution in [2.75, 3.05) is 18.5 Å². The van der Waals surface area contributed by atoms with Gasteiger partial charge in [0, 0.05) is 12.2 Å². The molecule has 2 amide bonds. The molecule has 2 aromatic rings. The quantitative estimate of drug-likeness (QED) is 0.811. The summed E-state index contributed by atoms with van der Waals surface area (Å²) in [6, 6.07) is 11.9. The Morgan fingerprint density at radius 3 is 2.28 bits per heavy atom. The van der Waals surface area contributed by atoms with Gasteiger partial charge in [-0.05, 0) is 49.2 Å². The normalized spacial score (nSPS) is 10.4. The predicted octanol–water partition coefficient (Wildman–Crippen LogP) is 3.12. The van der Waals surface area contributed by atoms with Crippen LogP contribution < -0.4 is 15.4 Å². The topological polar surface area (TPSA) is 80.3 Å². The smallest absolute Gasteiger partial charge is 0.274 e. The number of rotatable bonds is 7. The highest BCUT2D eigenvalue weighted by molar-refractivity contribution is 6.03. The maximum Gasteiger partial charge on any atom is 0.274 e. The minimum absolute atomic E-state index is 0.186. The molecule has 0 aliphatic carbocycles. The zero-order valence-corrected chi connectivity index (χ0v) is 14.7. The van der Waals surface area contributed by atoms with E-state index in [0.717, 1.165) is 5.75 Å². The predicted molar refractivity (Wildman–Crippen MR) is 97.0 cm³/mol. The molecule has 2 N–H and O–H groups in total. The van der Waals surface area contributed by atoms with Gasteiger partial charge in [-0.3, -0.25) is 9.59 Å². The second-order valence-electron chi connectivity index (χ2n) is 5.92. The van der Waals surface area contributed by atoms with Crippen molar-refractivity contribution in [2.24, 2.45) is 5.92 Å². The minimum atomic E-state index is -0.373. The summed E-state index contributed by atoms with van der Waals surface area (Å²) in [6.07, 6.45) is 0. The summed E-state index contributed by atoms with van der Waals surface area (Å²) in [6.45, 7) is 7.07. The first-order chi connectivity index (χ1) is 12.0. The van der Waals surface area contributed by atoms with Gasteiger partial charge < -0.3 is 15.4 Å². The lowest BCUT2D eigenvalue weighted by molar-refractivity contribution is 0.0944. The van der Waals surface area contributed by atoms with E-state index < -0.39 is 0 Å². The number of amides is 2. The van der Waals surface area contributed by atoms with E-state index in [4.69, 9.17) is 4.74 Å². The van der Waals surface area contributed by atoms with Crippen molar-refractivity contribution >= 4 is 17.5 Å². The van der Waals surface area contributed by atoms with Crippen molar-refractivity contribution < 1.29 is 14.3 Å². The highest BCUT2D eigenvalue weighted by Gasteiger charge is 2.12. The number of benzene rings is 1. The van der Waals surface area contributed by atoms with Gasteiger partial charge in [-0.25, -0.2) is 4.98 Å². The first-order valence-electron chi connectivity index (χ1n) is 8.29. The molecule has 0 atom stereocenters. The van der Waals surface area contributed by atoms with Crippen molar-refractivity contribution in [3.63, 3.8) is 0 Å². The van der Waals surface area contributed by atoms with Crippen LogP contribution in [0, 0.1) is 5.92 Å². The molecule has 0 spiro atoms. The van der Waals surface area contributed by atoms with E-state index in [1.54, 1.807) is 42.5 Å². The van der Waals surface area contributed by atoms with Crippen LogP contribution in [0.4, 0.5) is 5.69 Å². The van der Waals surface area contributed by atoms with E-state index in [9.17, 15) is 9.59 Å². The Morgan fingerprint density at radius 2 is 1.68 bits per heavy atom. The molecule has 0 unspecified atom stereocenters. The summed E-state index contributed by atoms with van der Waals surface area (Å²) in [5.41, 5.74) is 1.04. The van der Waals surface area contributed by atoms with E-state index in [1.165, 1.54) is 0 Å². The number of ether oxygens (including phenoxy) is 1. The molecule has 25 heavy (non-hydrogen) atoms. The molecule has 0 saturated carbocycles. The summed E-state index contributed by atoms with van der Waals surface area (Å²) >= 11 is 0. The van der Waals surface area contributed by atoms with E-state index in [1.807, 2.05) is 20.8 Å². The number of nitrogens with zero attached hydrogens (tertiary/aromatic N) is 1. The molecule has 0 radical (unpaired) electrons. The Morgan fingerprint density at radius 1 is 1.04 bits per heavy atom. The van der Waals surface area contributed by atoms with Crippen LogP contribution in [-0.2, 0) is 0 Å². The van der Waals surface area contributed by atoms with Gasteiger partial charge in [0.1, 0.15) is 17.1 Å². The van der Waals surface area contributed by atoms with Crippen molar-refractivity contribution in [1.82, 2.24) is 10.3 Å². The molecular weight excluding hydrogens is 318 g/mol. The summed E-state index contributed by atoms with van der Waals surface area (Å²) < 4.78 is 5.36. The molecule has 132 valence electrons. The van der Waals surface area contributed by atoms with E-state index in [0.29, 0.717) is 24.8 Å². The molecule has 1 aromatic carbocycles. The second-order valence-corrected chi connectivity index (χ2v) is 5.92. The summed E-state index contributed by atoms with van der Waals surface area (Å²) in [7, 11) is 0. The number of carbonyl (C=O) groups is 2. The fraction of sp³-hybridized carbons (Fsp3) is 0.316. The molecule has 0 fully saturated rings. The molecule has 0 bridgehead atoms. The molecule has 2 rings (SSSR count). The largest absolute Gasteiger partial charge is 0.494 e. The minimum Gasteiger partial charge on any atom is -0.494 e. The van der Waals surface area contributed by atoms with Gasteiger partial charge in [0.05, 0.1) is 6.61 Å². The van der Waals surface area contributed by atoms with Gasteiger partial charge >= 0.3 is 0 Å². The van der Waals surface area contributed by atoms with Gasteiger partial charge in [-0.15, -0.1) is 0 Å². The van der Waals surface area contributed by atoms with Crippen LogP contribution in [0.25, 0.3) is 0 Å². The van der Waals surface area contributed by atoms with E-state index >= 15 is 0 Å². The number of carbonyl (C=O) groups excluding carboxylic acids is 2. The summed E-state index contributed by atoms with van der Waals surface area (Å²) in [5, 5.41) is 5.54. The van der Waals surface area contributed by atoms with Gasteiger partial charge in [0.15, 0.2) is 0 Å². The van der Waals surface area contributed by atoms with Gasteiger partial charge in [0.2, 0.25) is 0 Å². The lowest BCUT2D eigenvalue weighted by atomic mass is 10.2. The van der Waals surface area contributed by atoms with Crippen LogP contribution in [0.5, 0.6) is 5.75 Å². The first-order valence-corrected chi connectivity index (χ1v) is 8.29. The number of aromatic nitrogens is 1. The Hall–Kier alpha value is -2.89. The third-order valence-electron chi connectivity index (χ3n) is 3.31. The van der Waals surface area contributed by atoms with Crippen molar-refractivity contribution in [2.45, 2.75) is 20.8 Å². The summed E-state index contributed by atoms with van der Waals surface area (Å²) in [4.78, 5) is 28.5. The van der Waals surface area contributed by atoms with Gasteiger partial charge in [-0.1, -0.05) is 19.9 Å². The molecular formula is C19H23N3O3. The Labute approximate surface area is 147 Å². The molecule has 0 aliphatic rings. The average molecular weight is 341 g/mol. The van der Waals surface area contributed by atoms with Crippen LogP contribution >= 0.6 is 0 Å². The van der Waals surface area contributed by atoms with Crippen molar-refractivity contribution in [3.8, 4) is 5.75 Å². The standard InChI is InChI=1S/C19H23N3O3/c1-4-25-15-10-8-14(9-11-15)21-19(24)17-7-5-6-16(22-17)18(23)20-12-13(2)3/h5-11,13H,4,12H2,1-3H3,(H,20,23)(H,21,24). The monoisotopic (exact) mass is 341 g/mol. The fourth-order valence-corrected chi connectivity index (χ4v) is 2.07. The number of anilines is 1. The Balaban J connectivity index is 2.04. The van der Waals surface area contributed by atoms with Crippen LogP contribution in [0.3, 0.4) is 0 Å². The third kappa shape index (κ3) is 5.60. The Bertz CT molecular complexity index is 727. The maximum atomic E-state index is 12.3. The van der Waals surface area contributed by atoms with Crippen LogP contribution in [-0.4, -0.2) is 29.9 Å². The van der Waals surface area contributed by atoms with Crippen LogP contribution in [0.2, 0.25) is 0 Å². The number of hydrogen-bond acceptors (Lipinski definition) is 4. The van der Waals surface area contributed by atoms with Crippen LogP contribution in [0.1, 0.15) is 41.7 Å². The molecule has 0 aliphatic heterocycles. The van der Waals surface area contributed by atoms with Crippen LogP contribution in [0.15, 0.2) is 42.5 Å². The highest BCUT2D eigenvalue weighted by Crippen LogP contribution is 2.16. The Kier molecular flexibility index (Phi) is 6.51. The molecule has 6 heteroatoms. The second kappa shape index (κ2) is 8.82. The van der Waals surface area contributed by atoms with Crippen molar-refractivity contribution in [3.05, 3.63) is 53.9 Å². The molecule has 6 nitrogen and oxygen atoms in total. The number of pyridine rings is 1. The van der Waals surface area contributed by atoms with Crippen molar-refractivity contribution in [1.29, 1.82) is 0 Å². The zero-order valence-electron chi connectivity index (χ0n) is 14.7.